The Morgan fingerprint density at radius 2 is 2.08 bits per heavy atom. The van der Waals surface area contributed by atoms with Crippen LogP contribution in [0.3, 0.4) is 0 Å². The monoisotopic (exact) mass is 361 g/mol. The molecule has 134 valence electrons. The van der Waals surface area contributed by atoms with Gasteiger partial charge in [0.2, 0.25) is 11.1 Å². The van der Waals surface area contributed by atoms with Gasteiger partial charge in [0.25, 0.3) is 0 Å². The van der Waals surface area contributed by atoms with E-state index in [9.17, 15) is 4.79 Å². The summed E-state index contributed by atoms with van der Waals surface area (Å²) in [6.07, 6.45) is 4.57. The van der Waals surface area contributed by atoms with Crippen molar-refractivity contribution in [1.29, 1.82) is 0 Å². The fraction of sp³-hybridized carbons (Fsp3) is 0.529. The number of carbonyl (C=O) groups is 1. The summed E-state index contributed by atoms with van der Waals surface area (Å²) in [5.41, 5.74) is 1.07. The van der Waals surface area contributed by atoms with Crippen LogP contribution < -0.4 is 10.1 Å². The van der Waals surface area contributed by atoms with Gasteiger partial charge in [-0.05, 0) is 47.9 Å². The van der Waals surface area contributed by atoms with Crippen molar-refractivity contribution in [2.24, 2.45) is 0 Å². The fourth-order valence-corrected chi connectivity index (χ4v) is 3.68. The molecule has 1 aromatic carbocycles. The maximum atomic E-state index is 12.3. The van der Waals surface area contributed by atoms with E-state index in [1.807, 2.05) is 31.2 Å². The van der Waals surface area contributed by atoms with Gasteiger partial charge in [0, 0.05) is 6.04 Å². The average molecular weight is 361 g/mol. The van der Waals surface area contributed by atoms with E-state index in [0.717, 1.165) is 24.2 Å². The Morgan fingerprint density at radius 1 is 1.36 bits per heavy atom. The topological polar surface area (TPSA) is 81.9 Å². The largest absolute Gasteiger partial charge is 0.497 e. The van der Waals surface area contributed by atoms with Crippen LogP contribution >= 0.6 is 11.8 Å². The quantitative estimate of drug-likeness (QED) is 0.762. The van der Waals surface area contributed by atoms with E-state index < -0.39 is 0 Å². The highest BCUT2D eigenvalue weighted by Crippen LogP contribution is 2.23. The Kier molecular flexibility index (Phi) is 5.91. The summed E-state index contributed by atoms with van der Waals surface area (Å²) in [6, 6.07) is 8.09. The normalized spacial score (nSPS) is 15.9. The first-order chi connectivity index (χ1) is 12.2. The van der Waals surface area contributed by atoms with E-state index in [2.05, 4.69) is 20.8 Å². The number of aromatic nitrogens is 4. The summed E-state index contributed by atoms with van der Waals surface area (Å²) < 4.78 is 6.88. The molecule has 2 aromatic rings. The molecule has 1 aliphatic carbocycles. The second kappa shape index (κ2) is 8.33. The standard InChI is InChI=1S/C17H23N5O2S/c1-12(16(23)18-14-5-3-4-6-14)25-17-19-20-21-22(17)11-13-7-9-15(24-2)10-8-13/h7-10,12,14H,3-6,11H2,1-2H3,(H,18,23)/t12-/m1/s1. The SMILES string of the molecule is COc1ccc(Cn2nnnc2S[C@H](C)C(=O)NC2CCCC2)cc1. The molecule has 0 spiro atoms. The van der Waals surface area contributed by atoms with Crippen molar-refractivity contribution >= 4 is 17.7 Å². The molecule has 1 fully saturated rings. The lowest BCUT2D eigenvalue weighted by Gasteiger charge is -2.16. The van der Waals surface area contributed by atoms with Crippen molar-refractivity contribution in [3.8, 4) is 5.75 Å². The summed E-state index contributed by atoms with van der Waals surface area (Å²) >= 11 is 1.39. The fourth-order valence-electron chi connectivity index (χ4n) is 2.88. The second-order valence-corrected chi connectivity index (χ2v) is 7.53. The average Bonchev–Trinajstić information content (AvgIpc) is 3.28. The molecule has 1 amide bonds. The Bertz CT molecular complexity index is 697. The Labute approximate surface area is 151 Å². The lowest BCUT2D eigenvalue weighted by molar-refractivity contribution is -0.120. The Hall–Kier alpha value is -2.09. The first-order valence-corrected chi connectivity index (χ1v) is 9.40. The van der Waals surface area contributed by atoms with Crippen LogP contribution in [0, 0.1) is 0 Å². The molecule has 0 unspecified atom stereocenters. The molecule has 8 heteroatoms. The zero-order valence-corrected chi connectivity index (χ0v) is 15.3. The summed E-state index contributed by atoms with van der Waals surface area (Å²) in [7, 11) is 1.64. The maximum absolute atomic E-state index is 12.3. The first kappa shape index (κ1) is 17.7. The van der Waals surface area contributed by atoms with Gasteiger partial charge in [0.1, 0.15) is 5.75 Å². The van der Waals surface area contributed by atoms with Crippen molar-refractivity contribution in [3.63, 3.8) is 0 Å². The zero-order chi connectivity index (χ0) is 17.6. The van der Waals surface area contributed by atoms with E-state index >= 15 is 0 Å². The van der Waals surface area contributed by atoms with Gasteiger partial charge < -0.3 is 10.1 Å². The molecular weight excluding hydrogens is 338 g/mol. The van der Waals surface area contributed by atoms with Gasteiger partial charge >= 0.3 is 0 Å². The first-order valence-electron chi connectivity index (χ1n) is 8.52. The summed E-state index contributed by atoms with van der Waals surface area (Å²) in [5, 5.41) is 15.4. The molecule has 1 aliphatic rings. The van der Waals surface area contributed by atoms with Gasteiger partial charge in [-0.1, -0.05) is 36.7 Å². The number of benzene rings is 1. The van der Waals surface area contributed by atoms with Gasteiger partial charge in [-0.25, -0.2) is 4.68 Å². The van der Waals surface area contributed by atoms with Gasteiger partial charge in [0.15, 0.2) is 0 Å². The van der Waals surface area contributed by atoms with Crippen LogP contribution in [-0.2, 0) is 11.3 Å². The van der Waals surface area contributed by atoms with Crippen LogP contribution in [0.4, 0.5) is 0 Å². The molecule has 1 heterocycles. The minimum atomic E-state index is -0.235. The number of rotatable bonds is 7. The van der Waals surface area contributed by atoms with Crippen LogP contribution in [0.1, 0.15) is 38.2 Å². The summed E-state index contributed by atoms with van der Waals surface area (Å²) in [5.74, 6) is 0.864. The van der Waals surface area contributed by atoms with Crippen LogP contribution in [0.2, 0.25) is 0 Å². The molecule has 0 aliphatic heterocycles. The van der Waals surface area contributed by atoms with E-state index in [1.54, 1.807) is 11.8 Å². The molecule has 1 atom stereocenters. The number of nitrogens with zero attached hydrogens (tertiary/aromatic N) is 4. The number of hydrogen-bond donors (Lipinski definition) is 1. The molecule has 7 nitrogen and oxygen atoms in total. The molecule has 1 N–H and O–H groups in total. The molecule has 3 rings (SSSR count). The van der Waals surface area contributed by atoms with E-state index in [1.165, 1.54) is 24.6 Å². The highest BCUT2D eigenvalue weighted by atomic mass is 32.2. The predicted octanol–water partition coefficient (Wildman–Crippen LogP) is 2.27. The zero-order valence-electron chi connectivity index (χ0n) is 14.5. The Balaban J connectivity index is 1.59. The van der Waals surface area contributed by atoms with Crippen molar-refractivity contribution < 1.29 is 9.53 Å². The molecular formula is C17H23N5O2S. The highest BCUT2D eigenvalue weighted by Gasteiger charge is 2.23. The summed E-state index contributed by atoms with van der Waals surface area (Å²) in [6.45, 7) is 2.44. The second-order valence-electron chi connectivity index (χ2n) is 6.22. The smallest absolute Gasteiger partial charge is 0.233 e. The van der Waals surface area contributed by atoms with E-state index in [-0.39, 0.29) is 11.2 Å². The van der Waals surface area contributed by atoms with Crippen molar-refractivity contribution in [3.05, 3.63) is 29.8 Å². The Morgan fingerprint density at radius 3 is 2.76 bits per heavy atom. The minimum absolute atomic E-state index is 0.0518. The van der Waals surface area contributed by atoms with Crippen LogP contribution in [0.25, 0.3) is 0 Å². The number of methoxy groups -OCH3 is 1. The van der Waals surface area contributed by atoms with Crippen LogP contribution in [-0.4, -0.2) is 44.5 Å². The highest BCUT2D eigenvalue weighted by molar-refractivity contribution is 8.00. The third kappa shape index (κ3) is 4.72. The van der Waals surface area contributed by atoms with Gasteiger partial charge in [-0.3, -0.25) is 4.79 Å². The summed E-state index contributed by atoms with van der Waals surface area (Å²) in [4.78, 5) is 12.3. The van der Waals surface area contributed by atoms with Gasteiger partial charge in [-0.15, -0.1) is 5.10 Å². The number of tetrazole rings is 1. The number of carbonyl (C=O) groups excluding carboxylic acids is 1. The van der Waals surface area contributed by atoms with Gasteiger partial charge in [0.05, 0.1) is 18.9 Å². The van der Waals surface area contributed by atoms with E-state index in [4.69, 9.17) is 4.74 Å². The molecule has 0 radical (unpaired) electrons. The number of amides is 1. The molecule has 1 saturated carbocycles. The lowest BCUT2D eigenvalue weighted by atomic mass is 10.2. The number of ether oxygens (including phenoxy) is 1. The molecule has 0 saturated heterocycles. The predicted molar refractivity (Wildman–Crippen MR) is 95.6 cm³/mol. The third-order valence-electron chi connectivity index (χ3n) is 4.34. The van der Waals surface area contributed by atoms with Crippen LogP contribution in [0.5, 0.6) is 5.75 Å². The number of nitrogens with one attached hydrogen (secondary N) is 1. The van der Waals surface area contributed by atoms with Crippen LogP contribution in [0.15, 0.2) is 29.4 Å². The number of hydrogen-bond acceptors (Lipinski definition) is 6. The molecule has 25 heavy (non-hydrogen) atoms. The molecule has 0 bridgehead atoms. The lowest BCUT2D eigenvalue weighted by Crippen LogP contribution is -2.37. The molecule has 1 aromatic heterocycles. The number of thioether (sulfide) groups is 1. The maximum Gasteiger partial charge on any atom is 0.233 e. The van der Waals surface area contributed by atoms with Gasteiger partial charge in [-0.2, -0.15) is 0 Å². The minimum Gasteiger partial charge on any atom is -0.497 e. The van der Waals surface area contributed by atoms with E-state index in [0.29, 0.717) is 17.7 Å². The van der Waals surface area contributed by atoms with Crippen molar-refractivity contribution in [2.75, 3.05) is 7.11 Å². The van der Waals surface area contributed by atoms with Crippen molar-refractivity contribution in [1.82, 2.24) is 25.5 Å². The van der Waals surface area contributed by atoms with Crippen molar-refractivity contribution in [2.45, 2.75) is 55.6 Å². The third-order valence-corrected chi connectivity index (χ3v) is 5.41.